The average molecular weight is 419 g/mol. The van der Waals surface area contributed by atoms with Crippen LogP contribution in [0.1, 0.15) is 5.56 Å². The van der Waals surface area contributed by atoms with Gasteiger partial charge in [0.1, 0.15) is 11.5 Å². The molecule has 0 spiro atoms. The van der Waals surface area contributed by atoms with E-state index in [1.165, 1.54) is 35.5 Å². The van der Waals surface area contributed by atoms with Crippen LogP contribution in [0.5, 0.6) is 28.7 Å². The van der Waals surface area contributed by atoms with Crippen molar-refractivity contribution in [3.05, 3.63) is 35.9 Å². The lowest BCUT2D eigenvalue weighted by molar-refractivity contribution is -0.146. The van der Waals surface area contributed by atoms with Gasteiger partial charge in [0.25, 0.3) is 5.91 Å². The highest BCUT2D eigenvalue weighted by Gasteiger charge is 2.16. The molecule has 162 valence electrons. The summed E-state index contributed by atoms with van der Waals surface area (Å²) in [6.07, 6.45) is -0.0736. The third kappa shape index (κ3) is 5.69. The van der Waals surface area contributed by atoms with Gasteiger partial charge in [0.05, 0.1) is 47.7 Å². The SMILES string of the molecule is COc1ccc(NC(=O)COC(=O)Cc2cc(OC)c(OC)c(OC)c2)c(OC)c1. The van der Waals surface area contributed by atoms with Crippen LogP contribution in [0.2, 0.25) is 0 Å². The number of hydrogen-bond donors (Lipinski definition) is 1. The third-order valence-corrected chi connectivity index (χ3v) is 4.12. The number of nitrogens with one attached hydrogen (secondary N) is 1. The lowest BCUT2D eigenvalue weighted by Gasteiger charge is -2.14. The zero-order chi connectivity index (χ0) is 22.1. The van der Waals surface area contributed by atoms with Crippen LogP contribution in [0.4, 0.5) is 5.69 Å². The van der Waals surface area contributed by atoms with Crippen LogP contribution >= 0.6 is 0 Å². The molecule has 2 aromatic rings. The van der Waals surface area contributed by atoms with Crippen LogP contribution in [-0.2, 0) is 20.7 Å². The smallest absolute Gasteiger partial charge is 0.310 e. The minimum Gasteiger partial charge on any atom is -0.497 e. The standard InChI is InChI=1S/C21H25NO8/c1-25-14-6-7-15(16(11-14)26-2)22-19(23)12-30-20(24)10-13-8-17(27-3)21(29-5)18(9-13)28-4/h6-9,11H,10,12H2,1-5H3,(H,22,23). The van der Waals surface area contributed by atoms with Crippen LogP contribution in [0, 0.1) is 0 Å². The first-order valence-corrected chi connectivity index (χ1v) is 8.92. The van der Waals surface area contributed by atoms with Gasteiger partial charge in [-0.1, -0.05) is 0 Å². The van der Waals surface area contributed by atoms with E-state index in [1.807, 2.05) is 0 Å². The number of carbonyl (C=O) groups excluding carboxylic acids is 2. The molecule has 9 heteroatoms. The van der Waals surface area contributed by atoms with Crippen LogP contribution in [0.25, 0.3) is 0 Å². The molecule has 0 aromatic heterocycles. The van der Waals surface area contributed by atoms with E-state index in [9.17, 15) is 9.59 Å². The first-order chi connectivity index (χ1) is 14.4. The molecule has 0 unspecified atom stereocenters. The molecular weight excluding hydrogens is 394 g/mol. The summed E-state index contributed by atoms with van der Waals surface area (Å²) in [4.78, 5) is 24.3. The van der Waals surface area contributed by atoms with Crippen LogP contribution in [0.15, 0.2) is 30.3 Å². The number of carbonyl (C=O) groups is 2. The van der Waals surface area contributed by atoms with Gasteiger partial charge >= 0.3 is 5.97 Å². The summed E-state index contributed by atoms with van der Waals surface area (Å²) in [6.45, 7) is -0.446. The second-order valence-corrected chi connectivity index (χ2v) is 5.99. The number of benzene rings is 2. The molecule has 1 amide bonds. The minimum absolute atomic E-state index is 0.0736. The summed E-state index contributed by atoms with van der Waals surface area (Å²) in [6, 6.07) is 8.23. The maximum absolute atomic E-state index is 12.2. The van der Waals surface area contributed by atoms with E-state index in [1.54, 1.807) is 30.3 Å². The molecule has 0 aliphatic rings. The van der Waals surface area contributed by atoms with Crippen LogP contribution < -0.4 is 29.0 Å². The van der Waals surface area contributed by atoms with Gasteiger partial charge < -0.3 is 33.7 Å². The summed E-state index contributed by atoms with van der Waals surface area (Å²) < 4.78 is 31.2. The molecule has 9 nitrogen and oxygen atoms in total. The molecular formula is C21H25NO8. The minimum atomic E-state index is -0.582. The van der Waals surface area contributed by atoms with E-state index in [4.69, 9.17) is 28.4 Å². The Labute approximate surface area is 174 Å². The number of hydrogen-bond acceptors (Lipinski definition) is 8. The van der Waals surface area contributed by atoms with E-state index in [0.29, 0.717) is 40.0 Å². The monoisotopic (exact) mass is 419 g/mol. The van der Waals surface area contributed by atoms with Gasteiger partial charge in [-0.2, -0.15) is 0 Å². The summed E-state index contributed by atoms with van der Waals surface area (Å²) in [5.41, 5.74) is 1.02. The molecule has 0 radical (unpaired) electrons. The third-order valence-electron chi connectivity index (χ3n) is 4.12. The van der Waals surface area contributed by atoms with Crippen molar-refractivity contribution >= 4 is 17.6 Å². The Morgan fingerprint density at radius 3 is 1.97 bits per heavy atom. The Hall–Kier alpha value is -3.62. The van der Waals surface area contributed by atoms with E-state index < -0.39 is 18.5 Å². The van der Waals surface area contributed by atoms with Crippen molar-refractivity contribution in [2.45, 2.75) is 6.42 Å². The molecule has 0 fully saturated rings. The van der Waals surface area contributed by atoms with Gasteiger partial charge in [-0.05, 0) is 29.8 Å². The number of methoxy groups -OCH3 is 5. The largest absolute Gasteiger partial charge is 0.497 e. The summed E-state index contributed by atoms with van der Waals surface area (Å²) in [7, 11) is 7.46. The molecule has 2 rings (SSSR count). The van der Waals surface area contributed by atoms with Crippen molar-refractivity contribution in [1.29, 1.82) is 0 Å². The highest BCUT2D eigenvalue weighted by Crippen LogP contribution is 2.38. The molecule has 0 atom stereocenters. The summed E-state index contributed by atoms with van der Waals surface area (Å²) >= 11 is 0. The fourth-order valence-electron chi connectivity index (χ4n) is 2.69. The normalized spacial score (nSPS) is 10.0. The molecule has 0 saturated heterocycles. The zero-order valence-corrected chi connectivity index (χ0v) is 17.6. The van der Waals surface area contributed by atoms with E-state index >= 15 is 0 Å². The molecule has 0 aliphatic carbocycles. The van der Waals surface area contributed by atoms with Gasteiger partial charge in [-0.15, -0.1) is 0 Å². The lowest BCUT2D eigenvalue weighted by atomic mass is 10.1. The second kappa shape index (κ2) is 10.8. The zero-order valence-electron chi connectivity index (χ0n) is 17.6. The molecule has 30 heavy (non-hydrogen) atoms. The van der Waals surface area contributed by atoms with E-state index in [0.717, 1.165) is 0 Å². The first kappa shape index (κ1) is 22.7. The molecule has 0 saturated carbocycles. The number of rotatable bonds is 10. The quantitative estimate of drug-likeness (QED) is 0.586. The fraction of sp³-hybridized carbons (Fsp3) is 0.333. The average Bonchev–Trinajstić information content (AvgIpc) is 2.77. The Morgan fingerprint density at radius 1 is 0.800 bits per heavy atom. The van der Waals surface area contributed by atoms with Crippen molar-refractivity contribution < 1.29 is 38.0 Å². The van der Waals surface area contributed by atoms with Gasteiger partial charge in [-0.25, -0.2) is 0 Å². The van der Waals surface area contributed by atoms with Crippen molar-refractivity contribution in [3.63, 3.8) is 0 Å². The summed E-state index contributed by atoms with van der Waals surface area (Å²) in [5.74, 6) is 1.18. The fourth-order valence-corrected chi connectivity index (χ4v) is 2.69. The topological polar surface area (TPSA) is 102 Å². The lowest BCUT2D eigenvalue weighted by Crippen LogP contribution is -2.22. The molecule has 2 aromatic carbocycles. The number of anilines is 1. The molecule has 0 bridgehead atoms. The number of ether oxygens (including phenoxy) is 6. The molecule has 0 aliphatic heterocycles. The predicted molar refractivity (Wildman–Crippen MR) is 109 cm³/mol. The van der Waals surface area contributed by atoms with Crippen LogP contribution in [-0.4, -0.2) is 54.0 Å². The predicted octanol–water partition coefficient (Wildman–Crippen LogP) is 2.45. The van der Waals surface area contributed by atoms with E-state index in [2.05, 4.69) is 5.32 Å². The maximum Gasteiger partial charge on any atom is 0.310 e. The van der Waals surface area contributed by atoms with Crippen molar-refractivity contribution in [1.82, 2.24) is 0 Å². The van der Waals surface area contributed by atoms with Gasteiger partial charge in [-0.3, -0.25) is 9.59 Å². The second-order valence-electron chi connectivity index (χ2n) is 5.99. The highest BCUT2D eigenvalue weighted by atomic mass is 16.5. The number of esters is 1. The molecule has 0 heterocycles. The van der Waals surface area contributed by atoms with Gasteiger partial charge in [0.2, 0.25) is 5.75 Å². The Kier molecular flexibility index (Phi) is 8.16. The first-order valence-electron chi connectivity index (χ1n) is 8.92. The van der Waals surface area contributed by atoms with Crippen molar-refractivity contribution in [2.75, 3.05) is 47.5 Å². The van der Waals surface area contributed by atoms with Gasteiger partial charge in [0.15, 0.2) is 18.1 Å². The van der Waals surface area contributed by atoms with Crippen LogP contribution in [0.3, 0.4) is 0 Å². The number of amides is 1. The Morgan fingerprint density at radius 2 is 1.43 bits per heavy atom. The summed E-state index contributed by atoms with van der Waals surface area (Å²) in [5, 5.41) is 2.63. The van der Waals surface area contributed by atoms with E-state index in [-0.39, 0.29) is 6.42 Å². The Balaban J connectivity index is 1.97. The van der Waals surface area contributed by atoms with Gasteiger partial charge in [0, 0.05) is 6.07 Å². The molecule has 1 N–H and O–H groups in total. The maximum atomic E-state index is 12.2. The van der Waals surface area contributed by atoms with Crippen molar-refractivity contribution in [3.8, 4) is 28.7 Å². The highest BCUT2D eigenvalue weighted by molar-refractivity contribution is 5.94. The van der Waals surface area contributed by atoms with Crippen molar-refractivity contribution in [2.24, 2.45) is 0 Å². The Bertz CT molecular complexity index is 872.